The predicted octanol–water partition coefficient (Wildman–Crippen LogP) is 2.96. The predicted molar refractivity (Wildman–Crippen MR) is 88.7 cm³/mol. The molecule has 0 aliphatic heterocycles. The van der Waals surface area contributed by atoms with E-state index in [0.29, 0.717) is 11.1 Å². The molecule has 0 fully saturated rings. The zero-order valence-corrected chi connectivity index (χ0v) is 14.5. The van der Waals surface area contributed by atoms with E-state index in [1.165, 1.54) is 36.4 Å². The van der Waals surface area contributed by atoms with Crippen LogP contribution >= 0.6 is 0 Å². The average Bonchev–Trinajstić information content (AvgIpc) is 2.57. The smallest absolute Gasteiger partial charge is 0.422 e. The Morgan fingerprint density at radius 3 is 2.12 bits per heavy atom. The summed E-state index contributed by atoms with van der Waals surface area (Å²) in [6.45, 7) is -1.21. The van der Waals surface area contributed by atoms with Crippen LogP contribution in [-0.2, 0) is 16.4 Å². The number of halogens is 3. The van der Waals surface area contributed by atoms with Crippen molar-refractivity contribution in [2.75, 3.05) is 12.9 Å². The van der Waals surface area contributed by atoms with Crippen LogP contribution < -0.4 is 10.1 Å². The van der Waals surface area contributed by atoms with Crippen LogP contribution in [-0.4, -0.2) is 33.4 Å². The van der Waals surface area contributed by atoms with E-state index in [9.17, 15) is 26.4 Å². The molecule has 0 saturated heterocycles. The molecule has 0 aliphatic rings. The second-order valence-corrected chi connectivity index (χ2v) is 7.54. The van der Waals surface area contributed by atoms with Crippen molar-refractivity contribution >= 4 is 15.7 Å². The molecular formula is C17H16F3NO4S. The fraction of sp³-hybridized carbons (Fsp3) is 0.235. The number of hydrogen-bond donors (Lipinski definition) is 1. The first-order valence-electron chi connectivity index (χ1n) is 7.41. The van der Waals surface area contributed by atoms with Gasteiger partial charge in [-0.1, -0.05) is 12.1 Å². The second-order valence-electron chi connectivity index (χ2n) is 5.53. The van der Waals surface area contributed by atoms with Gasteiger partial charge >= 0.3 is 6.18 Å². The number of carbonyl (C=O) groups excluding carboxylic acids is 1. The van der Waals surface area contributed by atoms with Gasteiger partial charge < -0.3 is 10.1 Å². The van der Waals surface area contributed by atoms with Crippen LogP contribution in [0.25, 0.3) is 0 Å². The quantitative estimate of drug-likeness (QED) is 0.827. The van der Waals surface area contributed by atoms with E-state index < -0.39 is 28.5 Å². The summed E-state index contributed by atoms with van der Waals surface area (Å²) >= 11 is 0. The highest BCUT2D eigenvalue weighted by Crippen LogP contribution is 2.19. The van der Waals surface area contributed by atoms with Crippen molar-refractivity contribution in [3.63, 3.8) is 0 Å². The molecule has 0 spiro atoms. The third kappa shape index (κ3) is 6.07. The Kier molecular flexibility index (Phi) is 5.91. The van der Waals surface area contributed by atoms with Gasteiger partial charge in [-0.2, -0.15) is 13.2 Å². The van der Waals surface area contributed by atoms with Crippen molar-refractivity contribution in [1.82, 2.24) is 5.32 Å². The lowest BCUT2D eigenvalue weighted by Crippen LogP contribution is -2.22. The summed E-state index contributed by atoms with van der Waals surface area (Å²) in [7, 11) is -3.33. The van der Waals surface area contributed by atoms with Crippen molar-refractivity contribution in [1.29, 1.82) is 0 Å². The largest absolute Gasteiger partial charge is 0.484 e. The first kappa shape index (κ1) is 19.8. The minimum atomic E-state index is -4.40. The first-order valence-corrected chi connectivity index (χ1v) is 9.30. The lowest BCUT2D eigenvalue weighted by Gasteiger charge is -2.10. The van der Waals surface area contributed by atoms with Gasteiger partial charge in [-0.05, 0) is 42.0 Å². The molecule has 0 saturated carbocycles. The zero-order chi connectivity index (χ0) is 19.4. The Bertz CT molecular complexity index is 860. The maximum atomic E-state index is 12.1. The van der Waals surface area contributed by atoms with Crippen molar-refractivity contribution in [3.05, 3.63) is 59.7 Å². The monoisotopic (exact) mass is 387 g/mol. The van der Waals surface area contributed by atoms with Crippen molar-refractivity contribution in [2.45, 2.75) is 17.6 Å². The molecule has 2 rings (SSSR count). The molecule has 26 heavy (non-hydrogen) atoms. The molecule has 1 N–H and O–H groups in total. The average molecular weight is 387 g/mol. The number of sulfone groups is 1. The third-order valence-electron chi connectivity index (χ3n) is 3.32. The maximum absolute atomic E-state index is 12.1. The SMILES string of the molecule is CS(=O)(=O)c1ccc(C(=O)NCc2ccc(OCC(F)(F)F)cc2)cc1. The van der Waals surface area contributed by atoms with Gasteiger partial charge in [-0.25, -0.2) is 8.42 Å². The Morgan fingerprint density at radius 1 is 1.04 bits per heavy atom. The summed E-state index contributed by atoms with van der Waals surface area (Å²) in [5.41, 5.74) is 0.966. The summed E-state index contributed by atoms with van der Waals surface area (Å²) in [6.07, 6.45) is -3.33. The number of nitrogens with one attached hydrogen (secondary N) is 1. The number of carbonyl (C=O) groups is 1. The molecule has 1 amide bonds. The highest BCUT2D eigenvalue weighted by atomic mass is 32.2. The number of amides is 1. The molecule has 0 bridgehead atoms. The molecule has 0 unspecified atom stereocenters. The summed E-state index contributed by atoms with van der Waals surface area (Å²) < 4.78 is 63.6. The van der Waals surface area contributed by atoms with Crippen LogP contribution in [0.2, 0.25) is 0 Å². The topological polar surface area (TPSA) is 72.5 Å². The molecule has 2 aromatic carbocycles. The van der Waals surface area contributed by atoms with Crippen LogP contribution in [0.4, 0.5) is 13.2 Å². The molecule has 0 aliphatic carbocycles. The van der Waals surface area contributed by atoms with Gasteiger partial charge in [0.25, 0.3) is 5.91 Å². The van der Waals surface area contributed by atoms with E-state index in [-0.39, 0.29) is 17.2 Å². The number of hydrogen-bond acceptors (Lipinski definition) is 4. The van der Waals surface area contributed by atoms with Crippen LogP contribution in [0.1, 0.15) is 15.9 Å². The van der Waals surface area contributed by atoms with Gasteiger partial charge in [0, 0.05) is 18.4 Å². The molecule has 0 atom stereocenters. The van der Waals surface area contributed by atoms with Crippen molar-refractivity contribution in [3.8, 4) is 5.75 Å². The van der Waals surface area contributed by atoms with E-state index >= 15 is 0 Å². The molecule has 0 radical (unpaired) electrons. The number of rotatable bonds is 6. The Morgan fingerprint density at radius 2 is 1.62 bits per heavy atom. The van der Waals surface area contributed by atoms with Gasteiger partial charge in [0.15, 0.2) is 16.4 Å². The van der Waals surface area contributed by atoms with Crippen molar-refractivity contribution < 1.29 is 31.1 Å². The third-order valence-corrected chi connectivity index (χ3v) is 4.45. The lowest BCUT2D eigenvalue weighted by molar-refractivity contribution is -0.153. The van der Waals surface area contributed by atoms with E-state index in [1.54, 1.807) is 12.1 Å². The van der Waals surface area contributed by atoms with Gasteiger partial charge in [-0.15, -0.1) is 0 Å². The minimum Gasteiger partial charge on any atom is -0.484 e. The highest BCUT2D eigenvalue weighted by molar-refractivity contribution is 7.90. The Balaban J connectivity index is 1.91. The van der Waals surface area contributed by atoms with Crippen LogP contribution in [0.5, 0.6) is 5.75 Å². The van der Waals surface area contributed by atoms with Gasteiger partial charge in [0.2, 0.25) is 0 Å². The Labute approximate surface area is 148 Å². The zero-order valence-electron chi connectivity index (χ0n) is 13.7. The first-order chi connectivity index (χ1) is 12.0. The molecule has 5 nitrogen and oxygen atoms in total. The molecule has 140 valence electrons. The van der Waals surface area contributed by atoms with Crippen molar-refractivity contribution in [2.24, 2.45) is 0 Å². The molecular weight excluding hydrogens is 371 g/mol. The lowest BCUT2D eigenvalue weighted by atomic mass is 10.2. The van der Waals surface area contributed by atoms with Gasteiger partial charge in [-0.3, -0.25) is 4.79 Å². The normalized spacial score (nSPS) is 11.8. The Hall–Kier alpha value is -2.55. The molecule has 9 heteroatoms. The minimum absolute atomic E-state index is 0.0776. The van der Waals surface area contributed by atoms with E-state index in [1.807, 2.05) is 0 Å². The van der Waals surface area contributed by atoms with Gasteiger partial charge in [0.1, 0.15) is 5.75 Å². The number of alkyl halides is 3. The fourth-order valence-corrected chi connectivity index (χ4v) is 2.64. The number of benzene rings is 2. The van der Waals surface area contributed by atoms with Crippen LogP contribution in [0, 0.1) is 0 Å². The maximum Gasteiger partial charge on any atom is 0.422 e. The van der Waals surface area contributed by atoms with Crippen LogP contribution in [0.15, 0.2) is 53.4 Å². The summed E-state index contributed by atoms with van der Waals surface area (Å²) in [5.74, 6) is -0.323. The molecule has 2 aromatic rings. The highest BCUT2D eigenvalue weighted by Gasteiger charge is 2.28. The standard InChI is InChI=1S/C17H16F3NO4S/c1-26(23,24)15-8-4-13(5-9-15)16(22)21-10-12-2-6-14(7-3-12)25-11-17(18,19)20/h2-9H,10-11H2,1H3,(H,21,22). The fourth-order valence-electron chi connectivity index (χ4n) is 2.01. The van der Waals surface area contributed by atoms with Gasteiger partial charge in [0.05, 0.1) is 4.90 Å². The summed E-state index contributed by atoms with van der Waals surface area (Å²) in [5, 5.41) is 2.64. The molecule has 0 aromatic heterocycles. The van der Waals surface area contributed by atoms with Crippen LogP contribution in [0.3, 0.4) is 0 Å². The molecule has 0 heterocycles. The van der Waals surface area contributed by atoms with E-state index in [2.05, 4.69) is 10.1 Å². The van der Waals surface area contributed by atoms with E-state index in [4.69, 9.17) is 0 Å². The summed E-state index contributed by atoms with van der Waals surface area (Å²) in [4.78, 5) is 12.2. The summed E-state index contributed by atoms with van der Waals surface area (Å²) in [6, 6.07) is 11.3. The number of ether oxygens (including phenoxy) is 1. The van der Waals surface area contributed by atoms with E-state index in [0.717, 1.165) is 6.26 Å². The second kappa shape index (κ2) is 7.77.